The molecule has 2 heterocycles. The van der Waals surface area contributed by atoms with Gasteiger partial charge >= 0.3 is 6.18 Å². The number of halogens is 4. The second-order valence-corrected chi connectivity index (χ2v) is 9.58. The van der Waals surface area contributed by atoms with Crippen molar-refractivity contribution >= 4 is 29.1 Å². The molecule has 2 amide bonds. The van der Waals surface area contributed by atoms with E-state index in [2.05, 4.69) is 20.5 Å². The molecule has 11 heteroatoms. The van der Waals surface area contributed by atoms with Crippen molar-refractivity contribution in [3.63, 3.8) is 0 Å². The summed E-state index contributed by atoms with van der Waals surface area (Å²) in [4.78, 5) is 31.2. The van der Waals surface area contributed by atoms with Crippen LogP contribution in [0.5, 0.6) is 11.5 Å². The van der Waals surface area contributed by atoms with Crippen LogP contribution >= 0.6 is 11.6 Å². The number of carbonyl (C=O) groups is 2. The Morgan fingerprint density at radius 2 is 1.74 bits per heavy atom. The average molecular weight is 561 g/mol. The van der Waals surface area contributed by atoms with Gasteiger partial charge in [-0.2, -0.15) is 13.2 Å². The minimum Gasteiger partial charge on any atom is -0.457 e. The van der Waals surface area contributed by atoms with E-state index in [1.54, 1.807) is 36.4 Å². The fourth-order valence-electron chi connectivity index (χ4n) is 4.19. The first kappa shape index (κ1) is 28.4. The lowest BCUT2D eigenvalue weighted by Gasteiger charge is -2.14. The third-order valence-electron chi connectivity index (χ3n) is 6.23. The summed E-state index contributed by atoms with van der Waals surface area (Å²) in [6.07, 6.45) is -0.252. The van der Waals surface area contributed by atoms with Gasteiger partial charge in [0.1, 0.15) is 17.2 Å². The molecule has 0 unspecified atom stereocenters. The molecule has 0 saturated carbocycles. The largest absolute Gasteiger partial charge is 0.457 e. The van der Waals surface area contributed by atoms with Gasteiger partial charge in [0.15, 0.2) is 0 Å². The van der Waals surface area contributed by atoms with Crippen LogP contribution in [-0.2, 0) is 17.4 Å². The number of anilines is 1. The Labute approximate surface area is 229 Å². The van der Waals surface area contributed by atoms with Crippen molar-refractivity contribution in [1.82, 2.24) is 15.2 Å². The van der Waals surface area contributed by atoms with Gasteiger partial charge in [0.25, 0.3) is 5.91 Å². The van der Waals surface area contributed by atoms with E-state index in [1.807, 2.05) is 0 Å². The van der Waals surface area contributed by atoms with Gasteiger partial charge in [-0.15, -0.1) is 0 Å². The van der Waals surface area contributed by atoms with E-state index >= 15 is 0 Å². The zero-order valence-electron chi connectivity index (χ0n) is 21.1. The molecule has 206 valence electrons. The van der Waals surface area contributed by atoms with Crippen molar-refractivity contribution < 1.29 is 27.5 Å². The van der Waals surface area contributed by atoms with E-state index in [4.69, 9.17) is 16.3 Å². The number of amides is 2. The van der Waals surface area contributed by atoms with E-state index in [0.29, 0.717) is 24.5 Å². The molecule has 0 bridgehead atoms. The Bertz CT molecular complexity index is 1300. The topological polar surface area (TPSA) is 83.6 Å². The maximum Gasteiger partial charge on any atom is 0.417 e. The smallest absolute Gasteiger partial charge is 0.417 e. The van der Waals surface area contributed by atoms with Crippen LogP contribution in [0.25, 0.3) is 0 Å². The first-order valence-corrected chi connectivity index (χ1v) is 13.0. The van der Waals surface area contributed by atoms with Gasteiger partial charge in [0, 0.05) is 37.5 Å². The molecule has 3 aromatic rings. The van der Waals surface area contributed by atoms with Crippen LogP contribution in [0.1, 0.15) is 40.9 Å². The van der Waals surface area contributed by atoms with Crippen LogP contribution in [0, 0.1) is 0 Å². The monoisotopic (exact) mass is 560 g/mol. The minimum atomic E-state index is -4.61. The number of ether oxygens (including phenoxy) is 1. The van der Waals surface area contributed by atoms with Crippen molar-refractivity contribution in [3.8, 4) is 11.5 Å². The molecule has 1 aliphatic heterocycles. The molecular formula is C28H28ClF3N4O3. The van der Waals surface area contributed by atoms with Gasteiger partial charge in [-0.25, -0.2) is 0 Å². The zero-order valence-corrected chi connectivity index (χ0v) is 21.8. The van der Waals surface area contributed by atoms with E-state index < -0.39 is 22.7 Å². The molecule has 1 saturated heterocycles. The highest BCUT2D eigenvalue weighted by Gasteiger charge is 2.33. The lowest BCUT2D eigenvalue weighted by Crippen LogP contribution is -2.33. The summed E-state index contributed by atoms with van der Waals surface area (Å²) in [5.41, 5.74) is 0.131. The lowest BCUT2D eigenvalue weighted by molar-refractivity contribution is -0.137. The Morgan fingerprint density at radius 1 is 1.00 bits per heavy atom. The van der Waals surface area contributed by atoms with E-state index in [0.717, 1.165) is 37.3 Å². The molecule has 39 heavy (non-hydrogen) atoms. The average Bonchev–Trinajstić information content (AvgIpc) is 3.42. The number of rotatable bonds is 10. The molecule has 1 fully saturated rings. The molecule has 0 radical (unpaired) electrons. The number of aromatic nitrogens is 1. The number of nitrogens with one attached hydrogen (secondary N) is 2. The SMILES string of the molecule is O=C(CCc1ccc(Oc2ccnc(C(=O)NCCN3CCCC3)c2)cc1)Nc1ccc(Cl)c(C(F)(F)F)c1. The van der Waals surface area contributed by atoms with E-state index in [-0.39, 0.29) is 23.7 Å². The normalized spacial score (nSPS) is 13.7. The maximum absolute atomic E-state index is 13.0. The summed E-state index contributed by atoms with van der Waals surface area (Å²) in [5.74, 6) is 0.314. The molecule has 4 rings (SSSR count). The van der Waals surface area contributed by atoms with Crippen LogP contribution in [-0.4, -0.2) is 47.9 Å². The number of aryl methyl sites for hydroxylation is 1. The third-order valence-corrected chi connectivity index (χ3v) is 6.56. The van der Waals surface area contributed by atoms with Crippen molar-refractivity contribution in [1.29, 1.82) is 0 Å². The standard InChI is InChI=1S/C28H28ClF3N4O3/c29-24-9-6-20(17-23(24)28(30,31)32)35-26(37)10-5-19-3-7-21(8-4-19)39-22-11-12-33-25(18-22)27(38)34-13-16-36-14-1-2-15-36/h3-4,6-9,11-12,17-18H,1-2,5,10,13-16H2,(H,34,38)(H,35,37). The highest BCUT2D eigenvalue weighted by atomic mass is 35.5. The summed E-state index contributed by atoms with van der Waals surface area (Å²) in [5, 5.41) is 4.93. The molecule has 1 aromatic heterocycles. The zero-order chi connectivity index (χ0) is 27.8. The first-order valence-electron chi connectivity index (χ1n) is 12.6. The van der Waals surface area contributed by atoms with Crippen molar-refractivity contribution in [2.45, 2.75) is 31.9 Å². The predicted octanol–water partition coefficient (Wildman–Crippen LogP) is 5.94. The summed E-state index contributed by atoms with van der Waals surface area (Å²) < 4.78 is 44.9. The van der Waals surface area contributed by atoms with E-state index in [9.17, 15) is 22.8 Å². The highest BCUT2D eigenvalue weighted by molar-refractivity contribution is 6.31. The molecule has 1 aliphatic rings. The first-order chi connectivity index (χ1) is 18.7. The molecule has 0 atom stereocenters. The highest BCUT2D eigenvalue weighted by Crippen LogP contribution is 2.36. The van der Waals surface area contributed by atoms with Gasteiger partial charge in [-0.3, -0.25) is 14.6 Å². The van der Waals surface area contributed by atoms with Crippen LogP contribution in [0.15, 0.2) is 60.8 Å². The van der Waals surface area contributed by atoms with Gasteiger partial charge in [-0.1, -0.05) is 23.7 Å². The molecule has 2 N–H and O–H groups in total. The fraction of sp³-hybridized carbons (Fsp3) is 0.321. The minimum absolute atomic E-state index is 0.0254. The number of hydrogen-bond acceptors (Lipinski definition) is 5. The summed E-state index contributed by atoms with van der Waals surface area (Å²) in [7, 11) is 0. The van der Waals surface area contributed by atoms with Gasteiger partial charge in [-0.05, 0) is 74.3 Å². The van der Waals surface area contributed by atoms with Crippen molar-refractivity contribution in [2.75, 3.05) is 31.5 Å². The number of carbonyl (C=O) groups excluding carboxylic acids is 2. The number of benzene rings is 2. The second kappa shape index (κ2) is 12.9. The summed E-state index contributed by atoms with van der Waals surface area (Å²) in [6.45, 7) is 3.51. The van der Waals surface area contributed by atoms with Gasteiger partial charge in [0.05, 0.1) is 10.6 Å². The predicted molar refractivity (Wildman–Crippen MR) is 142 cm³/mol. The summed E-state index contributed by atoms with van der Waals surface area (Å²) in [6, 6.07) is 13.5. The second-order valence-electron chi connectivity index (χ2n) is 9.17. The number of likely N-dealkylation sites (tertiary alicyclic amines) is 1. The fourth-order valence-corrected chi connectivity index (χ4v) is 4.41. The lowest BCUT2D eigenvalue weighted by atomic mass is 10.1. The van der Waals surface area contributed by atoms with Crippen LogP contribution in [0.3, 0.4) is 0 Å². The Kier molecular flexibility index (Phi) is 9.42. The van der Waals surface area contributed by atoms with Gasteiger partial charge < -0.3 is 20.3 Å². The number of nitrogens with zero attached hydrogens (tertiary/aromatic N) is 2. The van der Waals surface area contributed by atoms with Crippen LogP contribution in [0.2, 0.25) is 5.02 Å². The van der Waals surface area contributed by atoms with Gasteiger partial charge in [0.2, 0.25) is 5.91 Å². The molecule has 7 nitrogen and oxygen atoms in total. The summed E-state index contributed by atoms with van der Waals surface area (Å²) >= 11 is 5.62. The molecule has 0 aliphatic carbocycles. The number of pyridine rings is 1. The Balaban J connectivity index is 1.25. The van der Waals surface area contributed by atoms with Crippen LogP contribution < -0.4 is 15.4 Å². The van der Waals surface area contributed by atoms with Crippen molar-refractivity contribution in [3.05, 3.63) is 82.6 Å². The Morgan fingerprint density at radius 3 is 2.46 bits per heavy atom. The van der Waals surface area contributed by atoms with Crippen molar-refractivity contribution in [2.24, 2.45) is 0 Å². The number of hydrogen-bond donors (Lipinski definition) is 2. The quantitative estimate of drug-likeness (QED) is 0.320. The Hall–Kier alpha value is -3.63. The molecule has 0 spiro atoms. The molecular weight excluding hydrogens is 533 g/mol. The number of alkyl halides is 3. The van der Waals surface area contributed by atoms with E-state index in [1.165, 1.54) is 25.1 Å². The maximum atomic E-state index is 13.0. The van der Waals surface area contributed by atoms with Crippen LogP contribution in [0.4, 0.5) is 18.9 Å². The molecule has 2 aromatic carbocycles. The third kappa shape index (κ3) is 8.43.